The summed E-state index contributed by atoms with van der Waals surface area (Å²) in [5.41, 5.74) is -2.97. The Morgan fingerprint density at radius 3 is 1.33 bits per heavy atom. The molecule has 4 rings (SSSR count). The number of aliphatic hydroxyl groups is 7. The summed E-state index contributed by atoms with van der Waals surface area (Å²) in [6, 6.07) is -4.96. The molecule has 498 valence electrons. The molecule has 0 bridgehead atoms. The molecule has 0 aliphatic carbocycles. The number of hydrogen-bond donors (Lipinski definition) is 16. The van der Waals surface area contributed by atoms with E-state index in [0.717, 1.165) is 6.92 Å². The topological polar surface area (TPSA) is 814 Å². The van der Waals surface area contributed by atoms with Crippen LogP contribution in [0.3, 0.4) is 0 Å². The van der Waals surface area contributed by atoms with Crippen LogP contribution in [0.1, 0.15) is 19.8 Å². The molecule has 4 heterocycles. The third-order valence-electron chi connectivity index (χ3n) is 10.9. The van der Waals surface area contributed by atoms with Crippen molar-refractivity contribution in [3.8, 4) is 0 Å². The van der Waals surface area contributed by atoms with E-state index in [1.165, 1.54) is 4.72 Å². The third kappa shape index (κ3) is 27.5. The number of rotatable bonds is 26. The molecule has 4 saturated heterocycles. The first kappa shape index (κ1) is 90.7. The number of carboxylic acids is 5. The van der Waals surface area contributed by atoms with E-state index in [2.05, 4.69) is 16.7 Å². The van der Waals surface area contributed by atoms with Crippen LogP contribution in [0.15, 0.2) is 0 Å². The molecule has 0 aromatic carbocycles. The van der Waals surface area contributed by atoms with Crippen LogP contribution in [-0.4, -0.2) is 299 Å². The number of nitrogens with one attached hydrogen (secondary N) is 2. The summed E-state index contributed by atoms with van der Waals surface area (Å²) in [5.74, 6) is -11.5. The van der Waals surface area contributed by atoms with Gasteiger partial charge < -0.3 is 125 Å². The fourth-order valence-corrected chi connectivity index (χ4v) is 10.1. The van der Waals surface area contributed by atoms with E-state index < -0.39 is 242 Å². The molecule has 56 heteroatoms. The molecule has 20 N–H and O–H groups in total. The van der Waals surface area contributed by atoms with Gasteiger partial charge in [-0.3, -0.25) is 27.6 Å². The molecule has 0 aromatic rings. The Kier molecular flexibility index (Phi) is 37.6. The second kappa shape index (κ2) is 36.4. The fourth-order valence-electron chi connectivity index (χ4n) is 7.74. The second-order valence-corrected chi connectivity index (χ2v) is 22.4. The van der Waals surface area contributed by atoms with Gasteiger partial charge in [0.1, 0.15) is 78.7 Å². The van der Waals surface area contributed by atoms with Gasteiger partial charge in [-0.2, -0.15) is 46.8 Å². The molecule has 4 aliphatic rings. The number of carbonyl (C=O) groups excluding carboxylic acids is 4. The zero-order valence-corrected chi connectivity index (χ0v) is 54.5. The molecule has 0 aromatic heterocycles. The Bertz CT molecular complexity index is 2910. The minimum atomic E-state index is -6.09. The predicted molar refractivity (Wildman–Crippen MR) is 237 cm³/mol. The number of hydrogen-bond acceptors (Lipinski definition) is 37. The normalized spacial score (nSPS) is 32.8. The monoisotopic (exact) mass is 1430 g/mol. The van der Waals surface area contributed by atoms with Crippen molar-refractivity contribution in [1.29, 1.82) is 0 Å². The molecule has 0 saturated carbocycles. The minimum absolute atomic E-state index is 0. The largest absolute Gasteiger partial charge is 1.00 e. The molecule has 20 atom stereocenters. The smallest absolute Gasteiger partial charge is 0.550 e. The first-order valence-electron chi connectivity index (χ1n) is 21.6. The number of aliphatic carboxylic acids is 5. The molecular weight excluding hydrogens is 1380 g/mol. The average molecular weight is 1430 g/mol. The number of amides is 1. The molecule has 0 spiro atoms. The van der Waals surface area contributed by atoms with Crippen LogP contribution < -0.4 is 114 Å². The zero-order valence-electron chi connectivity index (χ0n) is 44.4. The molecule has 4 fully saturated rings. The van der Waals surface area contributed by atoms with E-state index >= 15 is 0 Å². The Morgan fingerprint density at radius 1 is 0.523 bits per heavy atom. The standard InChI is InChI=1S/C26H42N2O37S5.C6H8O7.3Na.2H2O/c1-4(30)27-7-9(31)13(6(56-23(7)39)3-55-67(43,44)45)58-26-19(65-70(52,53)54)12(34)16(20(62-26)22(37)38)60-24-8(28-66(40,41)42)15(63-68(46,47)48)14(5(2-29)57-24)59-25-18(64-69(49,50)51)11(33)10(32)17(61-25)21(35)36;7-3(8)1-6(13,5(11)12)2-4(9)10;;;;;/h5-20,23-26,28-29,31-34,39H,2-3H2,1H3,(H,27,30)(H,35,36)(H,37,38)(H,40,41,42)(H,43,44,45)(H,46,47,48)(H,49,50,51)(H,52,53,54);13H,1-2H2,(H,7,8)(H,9,10)(H,11,12);;;;2*1H2/q;;3*+1;;/p-3/t5-,6+,7-,8-,9-,10-,11-,12+,13-,14-,15-,16+,17-,18+,19-,20+,23-,24+,25+,26-;;;;;;/m1....../s1. The van der Waals surface area contributed by atoms with Gasteiger partial charge in [0.05, 0.1) is 19.2 Å². The van der Waals surface area contributed by atoms with Gasteiger partial charge in [0.25, 0.3) is 0 Å². The number of carboxylic acid groups (broad SMARTS) is 5. The molecule has 88 heavy (non-hydrogen) atoms. The van der Waals surface area contributed by atoms with E-state index in [4.69, 9.17) is 42.8 Å². The van der Waals surface area contributed by atoms with Crippen LogP contribution >= 0.6 is 0 Å². The van der Waals surface area contributed by atoms with Gasteiger partial charge in [-0.15, -0.1) is 0 Å². The maximum atomic E-state index is 12.7. The maximum absolute atomic E-state index is 12.7. The van der Waals surface area contributed by atoms with Crippen LogP contribution in [0.2, 0.25) is 0 Å². The maximum Gasteiger partial charge on any atom is 1.00 e. The fraction of sp³-hybridized carbons (Fsp3) is 0.812. The van der Waals surface area contributed by atoms with E-state index in [0.29, 0.717) is 0 Å². The van der Waals surface area contributed by atoms with Crippen molar-refractivity contribution in [2.45, 2.75) is 148 Å². The SMILES string of the molecule is CC(=O)N[C@@H]1[C@@H](O)[C@H](O[C@@H]2O[C@H](C(=O)O)[C@@H](O[C@@H]3O[C@H](CO)[C@@H](O[C@H]4O[C@@H](C(=O)O)[C@H](O)[C@@H](O)[C@@H]4OS(=O)(=O)O)[C@H](OS(=O)(=O)O)[C@H]3NS(=O)(=O)O)[C@H](O)[C@H]2OS(=O)(=O)O)[C@H](COS(=O)(=O)O)O[C@H]1O.O.O.O=C([O-])CC(O)(CC(=O)[O-])C(=O)[O-].[Na+].[Na+].[Na+]. The second-order valence-electron chi connectivity index (χ2n) is 17.0. The summed E-state index contributed by atoms with van der Waals surface area (Å²) in [6.07, 6.45) is -51.8. The van der Waals surface area contributed by atoms with Crippen molar-refractivity contribution < 1.29 is 304 Å². The first-order valence-corrected chi connectivity index (χ1v) is 28.5. The summed E-state index contributed by atoms with van der Waals surface area (Å²) >= 11 is 0. The zero-order chi connectivity index (χ0) is 64.0. The minimum Gasteiger partial charge on any atom is -0.550 e. The average Bonchev–Trinajstić information content (AvgIpc) is 3.48. The Balaban J connectivity index is -0.00000358. The molecule has 0 unspecified atom stereocenters. The summed E-state index contributed by atoms with van der Waals surface area (Å²) in [4.78, 5) is 66.4. The van der Waals surface area contributed by atoms with Crippen LogP contribution in [-0.2, 0) is 131 Å². The van der Waals surface area contributed by atoms with E-state index in [1.54, 1.807) is 0 Å². The first-order chi connectivity index (χ1) is 37.6. The molecule has 48 nitrogen and oxygen atoms in total. The van der Waals surface area contributed by atoms with Crippen molar-refractivity contribution in [1.82, 2.24) is 10.0 Å². The number of aliphatic hydroxyl groups excluding tert-OH is 6. The third-order valence-corrected chi connectivity index (χ3v) is 13.3. The summed E-state index contributed by atoms with van der Waals surface area (Å²) in [5, 5.41) is 125. The molecule has 4 aliphatic heterocycles. The van der Waals surface area contributed by atoms with Crippen LogP contribution in [0.5, 0.6) is 0 Å². The van der Waals surface area contributed by atoms with Gasteiger partial charge >= 0.3 is 153 Å². The van der Waals surface area contributed by atoms with E-state index in [1.807, 2.05) is 5.32 Å². The Morgan fingerprint density at radius 2 is 0.943 bits per heavy atom. The van der Waals surface area contributed by atoms with Gasteiger partial charge in [-0.25, -0.2) is 26.3 Å². The van der Waals surface area contributed by atoms with Crippen molar-refractivity contribution in [2.24, 2.45) is 0 Å². The summed E-state index contributed by atoms with van der Waals surface area (Å²) < 4.78 is 222. The van der Waals surface area contributed by atoms with Gasteiger partial charge in [0.2, 0.25) is 5.91 Å². The van der Waals surface area contributed by atoms with Crippen molar-refractivity contribution in [3.63, 3.8) is 0 Å². The Labute approximate surface area is 558 Å². The van der Waals surface area contributed by atoms with Gasteiger partial charge in [0, 0.05) is 31.7 Å². The van der Waals surface area contributed by atoms with Gasteiger partial charge in [0.15, 0.2) is 49.6 Å². The van der Waals surface area contributed by atoms with Gasteiger partial charge in [-0.1, -0.05) is 0 Å². The summed E-state index contributed by atoms with van der Waals surface area (Å²) in [7, 11) is -29.1. The van der Waals surface area contributed by atoms with Crippen molar-refractivity contribution in [2.75, 3.05) is 13.2 Å². The summed E-state index contributed by atoms with van der Waals surface area (Å²) in [6.45, 7) is -2.24. The number of carbonyl (C=O) groups is 6. The molecule has 0 radical (unpaired) electrons. The quantitative estimate of drug-likeness (QED) is 0.0282. The van der Waals surface area contributed by atoms with Crippen LogP contribution in [0, 0.1) is 0 Å². The van der Waals surface area contributed by atoms with Crippen LogP contribution in [0.4, 0.5) is 0 Å². The Hall–Kier alpha value is -1.47. The van der Waals surface area contributed by atoms with Crippen molar-refractivity contribution >= 4 is 87.7 Å². The molecular formula is C32H51N2Na3O46S5. The van der Waals surface area contributed by atoms with Gasteiger partial charge in [-0.05, 0) is 0 Å². The van der Waals surface area contributed by atoms with E-state index in [9.17, 15) is 145 Å². The van der Waals surface area contributed by atoms with Crippen LogP contribution in [0.25, 0.3) is 0 Å². The molecule has 1 amide bonds. The predicted octanol–water partition coefficient (Wildman–Crippen LogP) is -26.6. The van der Waals surface area contributed by atoms with E-state index in [-0.39, 0.29) is 99.6 Å². The number of ether oxygens (including phenoxy) is 7. The van der Waals surface area contributed by atoms with Crippen molar-refractivity contribution in [3.05, 3.63) is 0 Å².